The van der Waals surface area contributed by atoms with Gasteiger partial charge in [0.05, 0.1) is 18.3 Å². The molecule has 0 spiro atoms. The molecule has 2 N–H and O–H groups in total. The fourth-order valence-corrected chi connectivity index (χ4v) is 3.27. The maximum Gasteiger partial charge on any atom is 0.180 e. The van der Waals surface area contributed by atoms with Crippen LogP contribution in [0.15, 0.2) is 36.7 Å². The Hall–Kier alpha value is -2.74. The minimum atomic E-state index is -0.482. The third-order valence-electron chi connectivity index (χ3n) is 4.64. The predicted molar refractivity (Wildman–Crippen MR) is 94.2 cm³/mol. The van der Waals surface area contributed by atoms with Gasteiger partial charge < -0.3 is 15.3 Å². The summed E-state index contributed by atoms with van der Waals surface area (Å²) in [6.07, 6.45) is 3.85. The molecule has 1 aromatic carbocycles. The number of halogens is 2. The van der Waals surface area contributed by atoms with Crippen LogP contribution in [0.2, 0.25) is 0 Å². The summed E-state index contributed by atoms with van der Waals surface area (Å²) in [5.41, 5.74) is 1.73. The number of nitrogens with one attached hydrogen (secondary N) is 1. The van der Waals surface area contributed by atoms with Crippen molar-refractivity contribution in [1.82, 2.24) is 14.6 Å². The second-order valence-corrected chi connectivity index (χ2v) is 6.53. The molecular formula is C18H19F2N5O. The van der Waals surface area contributed by atoms with E-state index in [4.69, 9.17) is 0 Å². The van der Waals surface area contributed by atoms with Gasteiger partial charge in [0, 0.05) is 24.8 Å². The van der Waals surface area contributed by atoms with E-state index in [2.05, 4.69) is 15.4 Å². The molecule has 1 saturated heterocycles. The zero-order chi connectivity index (χ0) is 18.3. The number of aromatic nitrogens is 3. The lowest BCUT2D eigenvalue weighted by molar-refractivity contribution is 0.198. The molecule has 2 aromatic heterocycles. The SMILES string of the molecule is C[C@@H](Nc1ccn2ncc(N3CC[C@H](O)C3)c2n1)c1cc(F)ccc1F. The van der Waals surface area contributed by atoms with Crippen molar-refractivity contribution in [2.24, 2.45) is 0 Å². The lowest BCUT2D eigenvalue weighted by Gasteiger charge is -2.17. The second-order valence-electron chi connectivity index (χ2n) is 6.53. The van der Waals surface area contributed by atoms with E-state index < -0.39 is 17.7 Å². The molecule has 0 amide bonds. The zero-order valence-electron chi connectivity index (χ0n) is 14.2. The number of benzene rings is 1. The average molecular weight is 359 g/mol. The Balaban J connectivity index is 1.62. The van der Waals surface area contributed by atoms with E-state index >= 15 is 0 Å². The Labute approximate surface area is 149 Å². The first-order valence-corrected chi connectivity index (χ1v) is 8.50. The molecule has 136 valence electrons. The molecule has 8 heteroatoms. The molecule has 2 atom stereocenters. The van der Waals surface area contributed by atoms with E-state index in [9.17, 15) is 13.9 Å². The zero-order valence-corrected chi connectivity index (χ0v) is 14.2. The van der Waals surface area contributed by atoms with Crippen molar-refractivity contribution in [1.29, 1.82) is 0 Å². The molecule has 3 heterocycles. The largest absolute Gasteiger partial charge is 0.391 e. The summed E-state index contributed by atoms with van der Waals surface area (Å²) in [7, 11) is 0. The summed E-state index contributed by atoms with van der Waals surface area (Å²) >= 11 is 0. The number of aliphatic hydroxyl groups is 1. The van der Waals surface area contributed by atoms with Crippen molar-refractivity contribution in [3.05, 3.63) is 53.9 Å². The molecule has 6 nitrogen and oxygen atoms in total. The van der Waals surface area contributed by atoms with E-state index in [1.807, 2.05) is 4.90 Å². The van der Waals surface area contributed by atoms with Crippen molar-refractivity contribution >= 4 is 17.2 Å². The van der Waals surface area contributed by atoms with Crippen LogP contribution in [-0.2, 0) is 0 Å². The first-order valence-electron chi connectivity index (χ1n) is 8.50. The number of nitrogens with zero attached hydrogens (tertiary/aromatic N) is 4. The minimum Gasteiger partial charge on any atom is -0.391 e. The molecule has 1 fully saturated rings. The van der Waals surface area contributed by atoms with Gasteiger partial charge in [0.15, 0.2) is 5.65 Å². The van der Waals surface area contributed by atoms with Gasteiger partial charge in [0.25, 0.3) is 0 Å². The van der Waals surface area contributed by atoms with E-state index in [1.54, 1.807) is 29.9 Å². The monoisotopic (exact) mass is 359 g/mol. The van der Waals surface area contributed by atoms with Gasteiger partial charge in [-0.2, -0.15) is 5.10 Å². The normalized spacial score (nSPS) is 18.5. The molecule has 0 saturated carbocycles. The molecular weight excluding hydrogens is 340 g/mol. The molecule has 0 aliphatic carbocycles. The average Bonchev–Trinajstić information content (AvgIpc) is 3.22. The van der Waals surface area contributed by atoms with Crippen molar-refractivity contribution in [3.8, 4) is 0 Å². The fourth-order valence-electron chi connectivity index (χ4n) is 3.27. The smallest absolute Gasteiger partial charge is 0.180 e. The Morgan fingerprint density at radius 2 is 2.15 bits per heavy atom. The highest BCUT2D eigenvalue weighted by atomic mass is 19.1. The summed E-state index contributed by atoms with van der Waals surface area (Å²) in [5, 5.41) is 17.1. The van der Waals surface area contributed by atoms with Crippen molar-refractivity contribution < 1.29 is 13.9 Å². The van der Waals surface area contributed by atoms with E-state index in [0.717, 1.165) is 24.4 Å². The van der Waals surface area contributed by atoms with Crippen LogP contribution in [0.1, 0.15) is 24.9 Å². The van der Waals surface area contributed by atoms with Crippen LogP contribution < -0.4 is 10.2 Å². The second kappa shape index (κ2) is 6.53. The Kier molecular flexibility index (Phi) is 4.20. The molecule has 0 bridgehead atoms. The number of β-amino-alcohol motifs (C(OH)–C–C–N with tert-alkyl or cyclic N) is 1. The number of rotatable bonds is 4. The standard InChI is InChI=1S/C18H19F2N5O/c1-11(14-8-12(19)2-3-15(14)20)22-17-5-7-25-18(23-17)16(9-21-25)24-6-4-13(26)10-24/h2-3,5,7-9,11,13,26H,4,6,10H2,1H3,(H,22,23)/t11-,13+/m1/s1. The van der Waals surface area contributed by atoms with E-state index in [-0.39, 0.29) is 11.7 Å². The number of hydrogen-bond donors (Lipinski definition) is 2. The molecule has 4 rings (SSSR count). The van der Waals surface area contributed by atoms with Crippen molar-refractivity contribution in [2.75, 3.05) is 23.3 Å². The Morgan fingerprint density at radius 1 is 1.31 bits per heavy atom. The lowest BCUT2D eigenvalue weighted by atomic mass is 10.1. The molecule has 0 radical (unpaired) electrons. The summed E-state index contributed by atoms with van der Waals surface area (Å²) in [4.78, 5) is 6.61. The highest BCUT2D eigenvalue weighted by Crippen LogP contribution is 2.26. The van der Waals surface area contributed by atoms with Crippen LogP contribution in [0.25, 0.3) is 5.65 Å². The van der Waals surface area contributed by atoms with Gasteiger partial charge >= 0.3 is 0 Å². The van der Waals surface area contributed by atoms with Crippen molar-refractivity contribution in [2.45, 2.75) is 25.5 Å². The highest BCUT2D eigenvalue weighted by Gasteiger charge is 2.23. The van der Waals surface area contributed by atoms with Crippen LogP contribution in [0, 0.1) is 11.6 Å². The van der Waals surface area contributed by atoms with Crippen LogP contribution in [0.5, 0.6) is 0 Å². The van der Waals surface area contributed by atoms with Gasteiger partial charge in [0.2, 0.25) is 0 Å². The van der Waals surface area contributed by atoms with Crippen LogP contribution >= 0.6 is 0 Å². The molecule has 1 aliphatic heterocycles. The van der Waals surface area contributed by atoms with Crippen LogP contribution in [-0.4, -0.2) is 38.9 Å². The molecule has 1 aliphatic rings. The number of anilines is 2. The van der Waals surface area contributed by atoms with Gasteiger partial charge in [0.1, 0.15) is 23.1 Å². The summed E-state index contributed by atoms with van der Waals surface area (Å²) in [5.74, 6) is -0.414. The highest BCUT2D eigenvalue weighted by molar-refractivity contribution is 5.70. The summed E-state index contributed by atoms with van der Waals surface area (Å²) < 4.78 is 29.0. The molecule has 0 unspecified atom stereocenters. The van der Waals surface area contributed by atoms with Crippen LogP contribution in [0.4, 0.5) is 20.3 Å². The first-order chi connectivity index (χ1) is 12.5. The first kappa shape index (κ1) is 16.7. The minimum absolute atomic E-state index is 0.239. The number of fused-ring (bicyclic) bond motifs is 1. The van der Waals surface area contributed by atoms with Gasteiger partial charge in [-0.15, -0.1) is 0 Å². The topological polar surface area (TPSA) is 65.7 Å². The molecule has 3 aromatic rings. The maximum absolute atomic E-state index is 14.0. The van der Waals surface area contributed by atoms with Gasteiger partial charge in [-0.25, -0.2) is 18.3 Å². The Bertz CT molecular complexity index is 944. The lowest BCUT2D eigenvalue weighted by Crippen LogP contribution is -2.21. The maximum atomic E-state index is 14.0. The quantitative estimate of drug-likeness (QED) is 0.750. The summed E-state index contributed by atoms with van der Waals surface area (Å²) in [6, 6.07) is 4.67. The summed E-state index contributed by atoms with van der Waals surface area (Å²) in [6.45, 7) is 3.04. The van der Waals surface area contributed by atoms with E-state index in [0.29, 0.717) is 24.4 Å². The Morgan fingerprint density at radius 3 is 2.92 bits per heavy atom. The van der Waals surface area contributed by atoms with Gasteiger partial charge in [-0.1, -0.05) is 0 Å². The van der Waals surface area contributed by atoms with E-state index in [1.165, 1.54) is 6.07 Å². The molecule has 26 heavy (non-hydrogen) atoms. The number of hydrogen-bond acceptors (Lipinski definition) is 5. The van der Waals surface area contributed by atoms with Crippen LogP contribution in [0.3, 0.4) is 0 Å². The predicted octanol–water partition coefficient (Wildman–Crippen LogP) is 2.75. The fraction of sp³-hybridized carbons (Fsp3) is 0.333. The third-order valence-corrected chi connectivity index (χ3v) is 4.64. The third kappa shape index (κ3) is 3.08. The van der Waals surface area contributed by atoms with Crippen molar-refractivity contribution in [3.63, 3.8) is 0 Å². The van der Waals surface area contributed by atoms with Gasteiger partial charge in [-0.05, 0) is 37.6 Å². The number of aliphatic hydroxyl groups excluding tert-OH is 1. The van der Waals surface area contributed by atoms with Gasteiger partial charge in [-0.3, -0.25) is 0 Å².